The molecule has 4 heterocycles. The summed E-state index contributed by atoms with van der Waals surface area (Å²) >= 11 is 1.28. The number of anilines is 1. The molecule has 0 bridgehead atoms. The van der Waals surface area contributed by atoms with Gasteiger partial charge in [-0.05, 0) is 23.8 Å². The van der Waals surface area contributed by atoms with Gasteiger partial charge >= 0.3 is 0 Å². The molecule has 0 saturated carbocycles. The van der Waals surface area contributed by atoms with Gasteiger partial charge in [-0.25, -0.2) is 9.97 Å². The molecule has 0 saturated heterocycles. The number of furan rings is 1. The number of pyridine rings is 1. The summed E-state index contributed by atoms with van der Waals surface area (Å²) in [5.74, 6) is 0.801. The Hall–Kier alpha value is -3.13. The zero-order valence-corrected chi connectivity index (χ0v) is 14.0. The van der Waals surface area contributed by atoms with E-state index in [-0.39, 0.29) is 11.7 Å². The fourth-order valence-electron chi connectivity index (χ4n) is 2.51. The first-order chi connectivity index (χ1) is 12.2. The third-order valence-corrected chi connectivity index (χ3v) is 4.78. The number of hydrogen-bond acceptors (Lipinski definition) is 6. The first-order valence-electron chi connectivity index (χ1n) is 7.66. The molecule has 0 aromatic carbocycles. The molecule has 3 N–H and O–H groups in total. The lowest BCUT2D eigenvalue weighted by molar-refractivity contribution is 0.0955. The van der Waals surface area contributed by atoms with Crippen molar-refractivity contribution < 1.29 is 9.21 Å². The van der Waals surface area contributed by atoms with Crippen molar-refractivity contribution in [2.75, 3.05) is 5.73 Å². The smallest absolute Gasteiger partial charge is 0.265 e. The molecule has 0 spiro atoms. The summed E-state index contributed by atoms with van der Waals surface area (Å²) in [5.41, 5.74) is 7.73. The van der Waals surface area contributed by atoms with Gasteiger partial charge in [0.2, 0.25) is 0 Å². The minimum absolute atomic E-state index is 0.230. The molecule has 0 atom stereocenters. The van der Waals surface area contributed by atoms with E-state index in [0.717, 1.165) is 22.0 Å². The molecule has 4 aromatic rings. The van der Waals surface area contributed by atoms with Crippen LogP contribution in [0.1, 0.15) is 26.0 Å². The standard InChI is InChI=1S/C17H15N5O2S/c18-16-15(25-14(21-16)8-12-2-1-7-24-12)17(23)20-9-11-3-4-13-19-5-6-22(13)10-11/h1-7,10H,8-9,18H2,(H,20,23). The monoisotopic (exact) mass is 353 g/mol. The van der Waals surface area contributed by atoms with Gasteiger partial charge < -0.3 is 19.9 Å². The molecule has 0 radical (unpaired) electrons. The molecule has 0 unspecified atom stereocenters. The zero-order valence-electron chi connectivity index (χ0n) is 13.2. The highest BCUT2D eigenvalue weighted by molar-refractivity contribution is 7.14. The van der Waals surface area contributed by atoms with E-state index in [9.17, 15) is 4.79 Å². The molecule has 8 heteroatoms. The fraction of sp³-hybridized carbons (Fsp3) is 0.118. The molecule has 0 aliphatic rings. The Bertz CT molecular complexity index is 1020. The molecular formula is C17H15N5O2S. The van der Waals surface area contributed by atoms with E-state index in [1.54, 1.807) is 12.5 Å². The van der Waals surface area contributed by atoms with E-state index in [4.69, 9.17) is 10.2 Å². The summed E-state index contributed by atoms with van der Waals surface area (Å²) in [6.07, 6.45) is 7.66. The first kappa shape index (κ1) is 15.4. The minimum atomic E-state index is -0.230. The van der Waals surface area contributed by atoms with E-state index in [1.165, 1.54) is 11.3 Å². The number of amides is 1. The van der Waals surface area contributed by atoms with Crippen LogP contribution < -0.4 is 11.1 Å². The van der Waals surface area contributed by atoms with E-state index < -0.39 is 0 Å². The molecule has 0 aliphatic carbocycles. The second kappa shape index (κ2) is 6.40. The molecule has 4 rings (SSSR count). The Morgan fingerprint density at radius 3 is 3.12 bits per heavy atom. The number of carbonyl (C=O) groups excluding carboxylic acids is 1. The fourth-order valence-corrected chi connectivity index (χ4v) is 3.42. The summed E-state index contributed by atoms with van der Waals surface area (Å²) in [4.78, 5) is 21.3. The molecular weight excluding hydrogens is 338 g/mol. The number of fused-ring (bicyclic) bond motifs is 1. The molecule has 126 valence electrons. The number of nitrogens with two attached hydrogens (primary N) is 1. The van der Waals surface area contributed by atoms with Gasteiger partial charge in [-0.3, -0.25) is 4.79 Å². The lowest BCUT2D eigenvalue weighted by Gasteiger charge is -2.05. The van der Waals surface area contributed by atoms with Crippen molar-refractivity contribution in [3.8, 4) is 0 Å². The van der Waals surface area contributed by atoms with Crippen molar-refractivity contribution in [3.05, 3.63) is 70.3 Å². The van der Waals surface area contributed by atoms with Crippen LogP contribution in [-0.2, 0) is 13.0 Å². The van der Waals surface area contributed by atoms with Gasteiger partial charge in [0, 0.05) is 25.1 Å². The van der Waals surface area contributed by atoms with Crippen molar-refractivity contribution in [1.82, 2.24) is 19.7 Å². The highest BCUT2D eigenvalue weighted by Crippen LogP contribution is 2.23. The third-order valence-electron chi connectivity index (χ3n) is 3.71. The van der Waals surface area contributed by atoms with Crippen LogP contribution in [0.25, 0.3) is 5.65 Å². The van der Waals surface area contributed by atoms with Crippen molar-refractivity contribution in [2.24, 2.45) is 0 Å². The van der Waals surface area contributed by atoms with Crippen LogP contribution in [0.4, 0.5) is 5.82 Å². The maximum Gasteiger partial charge on any atom is 0.265 e. The average Bonchev–Trinajstić information content (AvgIpc) is 3.33. The number of nitrogen functional groups attached to an aromatic ring is 1. The number of thiazole rings is 1. The van der Waals surface area contributed by atoms with Crippen LogP contribution in [0.15, 0.2) is 53.5 Å². The highest BCUT2D eigenvalue weighted by Gasteiger charge is 2.16. The number of nitrogens with one attached hydrogen (secondary N) is 1. The van der Waals surface area contributed by atoms with Crippen LogP contribution in [0.2, 0.25) is 0 Å². The predicted molar refractivity (Wildman–Crippen MR) is 94.4 cm³/mol. The zero-order chi connectivity index (χ0) is 17.2. The molecule has 25 heavy (non-hydrogen) atoms. The third kappa shape index (κ3) is 3.24. The summed E-state index contributed by atoms with van der Waals surface area (Å²) in [5, 5.41) is 3.63. The average molecular weight is 353 g/mol. The van der Waals surface area contributed by atoms with Crippen LogP contribution in [-0.4, -0.2) is 20.3 Å². The lowest BCUT2D eigenvalue weighted by Crippen LogP contribution is -2.22. The van der Waals surface area contributed by atoms with Gasteiger partial charge in [-0.15, -0.1) is 11.3 Å². The maximum atomic E-state index is 12.4. The second-order valence-electron chi connectivity index (χ2n) is 5.49. The highest BCUT2D eigenvalue weighted by atomic mass is 32.1. The van der Waals surface area contributed by atoms with Crippen molar-refractivity contribution in [1.29, 1.82) is 0 Å². The Balaban J connectivity index is 1.44. The molecule has 4 aromatic heterocycles. The maximum absolute atomic E-state index is 12.4. The van der Waals surface area contributed by atoms with Gasteiger partial charge in [0.25, 0.3) is 5.91 Å². The van der Waals surface area contributed by atoms with Crippen molar-refractivity contribution in [3.63, 3.8) is 0 Å². The molecule has 1 amide bonds. The van der Waals surface area contributed by atoms with Crippen LogP contribution in [0.3, 0.4) is 0 Å². The van der Waals surface area contributed by atoms with Crippen LogP contribution in [0, 0.1) is 0 Å². The van der Waals surface area contributed by atoms with Crippen LogP contribution >= 0.6 is 11.3 Å². The Morgan fingerprint density at radius 1 is 1.36 bits per heavy atom. The van der Waals surface area contributed by atoms with E-state index in [1.807, 2.05) is 41.1 Å². The summed E-state index contributed by atoms with van der Waals surface area (Å²) in [6.45, 7) is 0.401. The van der Waals surface area contributed by atoms with Gasteiger partial charge in [-0.1, -0.05) is 6.07 Å². The van der Waals surface area contributed by atoms with Gasteiger partial charge in [0.05, 0.1) is 12.7 Å². The van der Waals surface area contributed by atoms with E-state index in [2.05, 4.69) is 15.3 Å². The summed E-state index contributed by atoms with van der Waals surface area (Å²) in [6, 6.07) is 7.52. The topological polar surface area (TPSA) is 98.5 Å². The molecule has 7 nitrogen and oxygen atoms in total. The van der Waals surface area contributed by atoms with Gasteiger partial charge in [0.15, 0.2) is 0 Å². The lowest BCUT2D eigenvalue weighted by atomic mass is 10.3. The summed E-state index contributed by atoms with van der Waals surface area (Å²) < 4.78 is 7.21. The number of nitrogens with zero attached hydrogens (tertiary/aromatic N) is 3. The van der Waals surface area contributed by atoms with Crippen molar-refractivity contribution >= 4 is 28.7 Å². The molecule has 0 fully saturated rings. The van der Waals surface area contributed by atoms with Crippen LogP contribution in [0.5, 0.6) is 0 Å². The van der Waals surface area contributed by atoms with Gasteiger partial charge in [0.1, 0.15) is 27.1 Å². The van der Waals surface area contributed by atoms with Gasteiger partial charge in [-0.2, -0.15) is 0 Å². The Morgan fingerprint density at radius 2 is 2.28 bits per heavy atom. The minimum Gasteiger partial charge on any atom is -0.469 e. The number of carbonyl (C=O) groups is 1. The predicted octanol–water partition coefficient (Wildman–Crippen LogP) is 2.49. The number of imidazole rings is 1. The Kier molecular flexibility index (Phi) is 3.95. The second-order valence-corrected chi connectivity index (χ2v) is 6.57. The largest absolute Gasteiger partial charge is 0.469 e. The van der Waals surface area contributed by atoms with Crippen molar-refractivity contribution in [2.45, 2.75) is 13.0 Å². The number of hydrogen-bond donors (Lipinski definition) is 2. The molecule has 0 aliphatic heterocycles. The SMILES string of the molecule is Nc1nc(Cc2ccco2)sc1C(=O)NCc1ccc2nccn2c1. The first-order valence-corrected chi connectivity index (χ1v) is 8.48. The normalized spacial score (nSPS) is 11.0. The Labute approximate surface area is 147 Å². The summed E-state index contributed by atoms with van der Waals surface area (Å²) in [7, 11) is 0. The van der Waals surface area contributed by atoms with E-state index >= 15 is 0 Å². The number of aromatic nitrogens is 3. The van der Waals surface area contributed by atoms with E-state index in [0.29, 0.717) is 17.8 Å². The number of rotatable bonds is 5. The quantitative estimate of drug-likeness (QED) is 0.574.